The van der Waals surface area contributed by atoms with Gasteiger partial charge in [-0.1, -0.05) is 0 Å². The van der Waals surface area contributed by atoms with Crippen molar-refractivity contribution in [2.75, 3.05) is 0 Å². The normalized spacial score (nSPS) is 13.1. The zero-order valence-corrected chi connectivity index (χ0v) is 7.40. The highest BCUT2D eigenvalue weighted by Gasteiger charge is 2.29. The summed E-state index contributed by atoms with van der Waals surface area (Å²) in [6, 6.07) is 0. The van der Waals surface area contributed by atoms with Crippen molar-refractivity contribution in [2.45, 2.75) is 12.2 Å². The molecular formula is C4H8O9P+. The molecule has 82 valence electrons. The maximum absolute atomic E-state index is 9.77. The second-order valence-electron chi connectivity index (χ2n) is 1.82. The van der Waals surface area contributed by atoms with Crippen LogP contribution >= 0.6 is 8.25 Å². The molecule has 0 spiro atoms. The van der Waals surface area contributed by atoms with E-state index in [1.807, 2.05) is 0 Å². The summed E-state index contributed by atoms with van der Waals surface area (Å²) < 4.78 is 8.70. The lowest BCUT2D eigenvalue weighted by Gasteiger charge is -2.07. The van der Waals surface area contributed by atoms with Crippen LogP contribution in [0.1, 0.15) is 0 Å². The van der Waals surface area contributed by atoms with Crippen molar-refractivity contribution in [1.29, 1.82) is 0 Å². The predicted molar refractivity (Wildman–Crippen MR) is 39.3 cm³/mol. The van der Waals surface area contributed by atoms with Crippen molar-refractivity contribution in [2.24, 2.45) is 0 Å². The molecule has 2 atom stereocenters. The third-order valence-corrected chi connectivity index (χ3v) is 0.805. The Kier molecular flexibility index (Phi) is 8.01. The first-order chi connectivity index (χ1) is 6.20. The summed E-state index contributed by atoms with van der Waals surface area (Å²) in [7, 11) is -2.87. The molecule has 0 rings (SSSR count). The molecule has 0 bridgehead atoms. The Morgan fingerprint density at radius 1 is 0.929 bits per heavy atom. The van der Waals surface area contributed by atoms with Crippen LogP contribution in [0.25, 0.3) is 0 Å². The summed E-state index contributed by atoms with van der Waals surface area (Å²) in [6.45, 7) is 0. The van der Waals surface area contributed by atoms with Crippen molar-refractivity contribution >= 4 is 20.2 Å². The van der Waals surface area contributed by atoms with Gasteiger partial charge < -0.3 is 20.4 Å². The minimum absolute atomic E-state index is 1.77. The van der Waals surface area contributed by atoms with Crippen LogP contribution in [0.5, 0.6) is 0 Å². The third-order valence-electron chi connectivity index (χ3n) is 0.805. The van der Waals surface area contributed by atoms with E-state index in [9.17, 15) is 9.59 Å². The van der Waals surface area contributed by atoms with Gasteiger partial charge in [0.15, 0.2) is 12.2 Å². The molecule has 0 amide bonds. The van der Waals surface area contributed by atoms with Crippen molar-refractivity contribution in [3.63, 3.8) is 0 Å². The SMILES string of the molecule is O=C(O)C(O)C(O)C(=O)O.O=[P+](O)O. The van der Waals surface area contributed by atoms with Gasteiger partial charge in [-0.15, -0.1) is 9.79 Å². The van der Waals surface area contributed by atoms with Gasteiger partial charge in [-0.2, -0.15) is 0 Å². The molecule has 6 N–H and O–H groups in total. The van der Waals surface area contributed by atoms with E-state index < -0.39 is 32.4 Å². The van der Waals surface area contributed by atoms with Gasteiger partial charge in [-0.05, 0) is 0 Å². The Labute approximate surface area is 77.8 Å². The molecule has 0 aliphatic carbocycles. The Balaban J connectivity index is 0. The lowest BCUT2D eigenvalue weighted by Crippen LogP contribution is -2.39. The molecule has 10 heteroatoms. The minimum Gasteiger partial charge on any atom is -0.479 e. The molecule has 0 aromatic carbocycles. The molecule has 0 aliphatic rings. The number of carbonyl (C=O) groups is 2. The number of aliphatic hydroxyl groups excluding tert-OH is 2. The van der Waals surface area contributed by atoms with E-state index in [0.29, 0.717) is 0 Å². The zero-order valence-electron chi connectivity index (χ0n) is 6.51. The summed E-state index contributed by atoms with van der Waals surface area (Å²) in [6.07, 6.45) is -4.53. The van der Waals surface area contributed by atoms with Crippen LogP contribution in [0, 0.1) is 0 Å². The van der Waals surface area contributed by atoms with Gasteiger partial charge in [-0.25, -0.2) is 9.59 Å². The van der Waals surface area contributed by atoms with Crippen molar-refractivity contribution in [1.82, 2.24) is 0 Å². The fraction of sp³-hybridized carbons (Fsp3) is 0.500. The van der Waals surface area contributed by atoms with Crippen molar-refractivity contribution in [3.8, 4) is 0 Å². The van der Waals surface area contributed by atoms with Gasteiger partial charge in [0.2, 0.25) is 0 Å². The van der Waals surface area contributed by atoms with Gasteiger partial charge in [0.1, 0.15) is 0 Å². The van der Waals surface area contributed by atoms with E-state index in [2.05, 4.69) is 0 Å². The largest absolute Gasteiger partial charge is 0.692 e. The highest BCUT2D eigenvalue weighted by Crippen LogP contribution is 1.98. The van der Waals surface area contributed by atoms with Crippen molar-refractivity contribution in [3.05, 3.63) is 0 Å². The zero-order chi connectivity index (χ0) is 11.9. The molecular weight excluding hydrogens is 223 g/mol. The monoisotopic (exact) mass is 231 g/mol. The van der Waals surface area contributed by atoms with E-state index in [1.165, 1.54) is 0 Å². The van der Waals surface area contributed by atoms with E-state index in [0.717, 1.165) is 0 Å². The smallest absolute Gasteiger partial charge is 0.479 e. The van der Waals surface area contributed by atoms with Gasteiger partial charge >= 0.3 is 20.2 Å². The molecule has 0 aromatic heterocycles. The van der Waals surface area contributed by atoms with E-state index in [-0.39, 0.29) is 0 Å². The molecule has 2 unspecified atom stereocenters. The molecule has 0 fully saturated rings. The van der Waals surface area contributed by atoms with Gasteiger partial charge in [0, 0.05) is 4.57 Å². The average molecular weight is 231 g/mol. The number of carboxylic acid groups (broad SMARTS) is 2. The molecule has 0 radical (unpaired) electrons. The predicted octanol–water partition coefficient (Wildman–Crippen LogP) is -2.49. The van der Waals surface area contributed by atoms with Gasteiger partial charge in [0.05, 0.1) is 0 Å². The molecule has 0 aromatic rings. The summed E-state index contributed by atoms with van der Waals surface area (Å²) in [4.78, 5) is 33.8. The maximum atomic E-state index is 9.77. The first-order valence-electron chi connectivity index (χ1n) is 2.87. The quantitative estimate of drug-likeness (QED) is 0.287. The summed E-state index contributed by atoms with van der Waals surface area (Å²) >= 11 is 0. The standard InChI is InChI=1S/C4H6O6.HO3P/c5-1(3(7)8)2(6)4(9)10;1-4(2)3/h1-2,5-6H,(H,7,8)(H,9,10);(H-,1,2,3)/p+1. The topological polar surface area (TPSA) is 173 Å². The first-order valence-corrected chi connectivity index (χ1v) is 4.03. The number of aliphatic hydroxyl groups is 2. The lowest BCUT2D eigenvalue weighted by molar-refractivity contribution is -0.165. The lowest BCUT2D eigenvalue weighted by atomic mass is 10.2. The molecule has 0 saturated carbocycles. The highest BCUT2D eigenvalue weighted by atomic mass is 31.1. The van der Waals surface area contributed by atoms with Crippen LogP contribution in [0.15, 0.2) is 0 Å². The number of rotatable bonds is 3. The van der Waals surface area contributed by atoms with Crippen LogP contribution < -0.4 is 0 Å². The Hall–Kier alpha value is -1.12. The molecule has 14 heavy (non-hydrogen) atoms. The van der Waals surface area contributed by atoms with Gasteiger partial charge in [0.25, 0.3) is 0 Å². The molecule has 0 saturated heterocycles. The van der Waals surface area contributed by atoms with Crippen LogP contribution in [0.4, 0.5) is 0 Å². The second kappa shape index (κ2) is 7.30. The summed E-state index contributed by atoms with van der Waals surface area (Å²) in [5, 5.41) is 32.5. The second-order valence-corrected chi connectivity index (χ2v) is 2.32. The van der Waals surface area contributed by atoms with E-state index >= 15 is 0 Å². The minimum atomic E-state index is -2.87. The number of hydrogen-bond donors (Lipinski definition) is 6. The number of hydrogen-bond acceptors (Lipinski definition) is 5. The fourth-order valence-electron chi connectivity index (χ4n) is 0.270. The molecule has 9 nitrogen and oxygen atoms in total. The average Bonchev–Trinajstić information content (AvgIpc) is 2.00. The van der Waals surface area contributed by atoms with E-state index in [4.69, 9.17) is 34.8 Å². The highest BCUT2D eigenvalue weighted by molar-refractivity contribution is 7.30. The van der Waals surface area contributed by atoms with Gasteiger partial charge in [-0.3, -0.25) is 0 Å². The first kappa shape index (κ1) is 15.4. The maximum Gasteiger partial charge on any atom is 0.692 e. The van der Waals surface area contributed by atoms with Crippen molar-refractivity contribution < 1.29 is 44.4 Å². The Morgan fingerprint density at radius 2 is 1.07 bits per heavy atom. The third kappa shape index (κ3) is 8.97. The molecule has 0 heterocycles. The summed E-state index contributed by atoms with van der Waals surface area (Å²) in [5.74, 6) is -3.54. The Bertz CT molecular complexity index is 203. The number of carboxylic acids is 2. The van der Waals surface area contributed by atoms with Crippen LogP contribution in [0.2, 0.25) is 0 Å². The Morgan fingerprint density at radius 3 is 1.14 bits per heavy atom. The fourth-order valence-corrected chi connectivity index (χ4v) is 0.270. The van der Waals surface area contributed by atoms with Crippen LogP contribution in [0.3, 0.4) is 0 Å². The van der Waals surface area contributed by atoms with E-state index in [1.54, 1.807) is 0 Å². The van der Waals surface area contributed by atoms with Crippen LogP contribution in [-0.4, -0.2) is 54.4 Å². The number of aliphatic carboxylic acids is 2. The molecule has 0 aliphatic heterocycles. The summed E-state index contributed by atoms with van der Waals surface area (Å²) in [5.41, 5.74) is 0. The van der Waals surface area contributed by atoms with Crippen LogP contribution in [-0.2, 0) is 14.2 Å².